The molecule has 0 radical (unpaired) electrons. The van der Waals surface area contributed by atoms with Gasteiger partial charge in [-0.05, 0) is 42.0 Å². The lowest BCUT2D eigenvalue weighted by Crippen LogP contribution is -1.94. The molecule has 2 aromatic carbocycles. The van der Waals surface area contributed by atoms with Crippen molar-refractivity contribution >= 4 is 27.7 Å². The summed E-state index contributed by atoms with van der Waals surface area (Å²) in [4.78, 5) is 0. The van der Waals surface area contributed by atoms with Gasteiger partial charge in [0.2, 0.25) is 0 Å². The fraction of sp³-hybridized carbons (Fsp3) is 0.222. The second kappa shape index (κ2) is 7.92. The standard InChI is InChI=1S/C18H20BrNO3/c1-21-15-5-7-17(22-2)13(11-15)10-14(19)8-12-4-6-16(20)18(9-12)23-3/h4-7,9-11H,8,20H2,1-3H3/b14-10+. The van der Waals surface area contributed by atoms with Gasteiger partial charge in [0, 0.05) is 16.5 Å². The van der Waals surface area contributed by atoms with Crippen LogP contribution < -0.4 is 19.9 Å². The van der Waals surface area contributed by atoms with Crippen LogP contribution in [-0.4, -0.2) is 21.3 Å². The van der Waals surface area contributed by atoms with Crippen LogP contribution in [-0.2, 0) is 6.42 Å². The summed E-state index contributed by atoms with van der Waals surface area (Å²) in [6.45, 7) is 0. The van der Waals surface area contributed by atoms with E-state index in [0.717, 1.165) is 33.5 Å². The highest BCUT2D eigenvalue weighted by atomic mass is 79.9. The molecule has 0 atom stereocenters. The Kier molecular flexibility index (Phi) is 5.93. The summed E-state index contributed by atoms with van der Waals surface area (Å²) in [5, 5.41) is 0. The molecular weight excluding hydrogens is 358 g/mol. The first-order valence-corrected chi connectivity index (χ1v) is 7.87. The summed E-state index contributed by atoms with van der Waals surface area (Å²) < 4.78 is 16.9. The molecule has 0 fully saturated rings. The van der Waals surface area contributed by atoms with Gasteiger partial charge >= 0.3 is 0 Å². The Hall–Kier alpha value is -2.14. The van der Waals surface area contributed by atoms with E-state index in [1.54, 1.807) is 21.3 Å². The average Bonchev–Trinajstić information content (AvgIpc) is 2.56. The van der Waals surface area contributed by atoms with E-state index in [-0.39, 0.29) is 0 Å². The van der Waals surface area contributed by atoms with Crippen LogP contribution in [0, 0.1) is 0 Å². The SMILES string of the molecule is COc1ccc(OC)c(/C=C(/Br)Cc2ccc(N)c(OC)c2)c1. The number of hydrogen-bond acceptors (Lipinski definition) is 4. The minimum absolute atomic E-state index is 0.630. The number of methoxy groups -OCH3 is 3. The molecule has 0 aromatic heterocycles. The largest absolute Gasteiger partial charge is 0.497 e. The molecule has 0 spiro atoms. The van der Waals surface area contributed by atoms with Crippen LogP contribution >= 0.6 is 15.9 Å². The third-order valence-electron chi connectivity index (χ3n) is 3.42. The van der Waals surface area contributed by atoms with Crippen molar-refractivity contribution in [3.8, 4) is 17.2 Å². The van der Waals surface area contributed by atoms with Crippen LogP contribution in [0.25, 0.3) is 6.08 Å². The highest BCUT2D eigenvalue weighted by molar-refractivity contribution is 9.11. The van der Waals surface area contributed by atoms with Crippen LogP contribution in [0.5, 0.6) is 17.2 Å². The van der Waals surface area contributed by atoms with E-state index >= 15 is 0 Å². The maximum absolute atomic E-state index is 5.84. The van der Waals surface area contributed by atoms with Gasteiger partial charge in [-0.15, -0.1) is 0 Å². The summed E-state index contributed by atoms with van der Waals surface area (Å²) in [5.74, 6) is 2.26. The van der Waals surface area contributed by atoms with Crippen molar-refractivity contribution < 1.29 is 14.2 Å². The predicted molar refractivity (Wildman–Crippen MR) is 97.6 cm³/mol. The van der Waals surface area contributed by atoms with Gasteiger partial charge in [0.15, 0.2) is 0 Å². The number of nitrogen functional groups attached to an aromatic ring is 1. The van der Waals surface area contributed by atoms with Crippen LogP contribution in [0.4, 0.5) is 5.69 Å². The number of ether oxygens (including phenoxy) is 3. The number of halogens is 1. The predicted octanol–water partition coefficient (Wildman–Crippen LogP) is 4.27. The van der Waals surface area contributed by atoms with E-state index in [1.807, 2.05) is 42.5 Å². The van der Waals surface area contributed by atoms with Gasteiger partial charge in [-0.3, -0.25) is 0 Å². The van der Waals surface area contributed by atoms with Crippen LogP contribution in [0.1, 0.15) is 11.1 Å². The Morgan fingerprint density at radius 3 is 2.39 bits per heavy atom. The fourth-order valence-electron chi connectivity index (χ4n) is 2.23. The summed E-state index contributed by atoms with van der Waals surface area (Å²) >= 11 is 3.62. The normalized spacial score (nSPS) is 11.2. The average molecular weight is 378 g/mol. The van der Waals surface area contributed by atoms with E-state index < -0.39 is 0 Å². The molecule has 0 unspecified atom stereocenters. The molecule has 5 heteroatoms. The topological polar surface area (TPSA) is 53.7 Å². The molecule has 0 aliphatic heterocycles. The molecule has 0 bridgehead atoms. The van der Waals surface area contributed by atoms with Crippen LogP contribution in [0.2, 0.25) is 0 Å². The molecule has 0 heterocycles. The summed E-state index contributed by atoms with van der Waals surface area (Å²) in [6.07, 6.45) is 2.74. The van der Waals surface area contributed by atoms with E-state index in [0.29, 0.717) is 11.4 Å². The minimum Gasteiger partial charge on any atom is -0.497 e. The van der Waals surface area contributed by atoms with Crippen molar-refractivity contribution in [3.63, 3.8) is 0 Å². The van der Waals surface area contributed by atoms with E-state index in [9.17, 15) is 0 Å². The zero-order valence-corrected chi connectivity index (χ0v) is 15.0. The zero-order chi connectivity index (χ0) is 16.8. The van der Waals surface area contributed by atoms with Gasteiger partial charge in [-0.1, -0.05) is 22.0 Å². The van der Waals surface area contributed by atoms with E-state index in [4.69, 9.17) is 19.9 Å². The smallest absolute Gasteiger partial charge is 0.142 e. The van der Waals surface area contributed by atoms with Crippen molar-refractivity contribution in [3.05, 3.63) is 52.0 Å². The Morgan fingerprint density at radius 1 is 1.00 bits per heavy atom. The molecule has 23 heavy (non-hydrogen) atoms. The number of allylic oxidation sites excluding steroid dienone is 1. The molecule has 2 N–H and O–H groups in total. The quantitative estimate of drug-likeness (QED) is 0.763. The van der Waals surface area contributed by atoms with Crippen molar-refractivity contribution in [1.29, 1.82) is 0 Å². The summed E-state index contributed by atoms with van der Waals surface area (Å²) in [6, 6.07) is 11.5. The third-order valence-corrected chi connectivity index (χ3v) is 3.93. The summed E-state index contributed by atoms with van der Waals surface area (Å²) in [7, 11) is 4.91. The first kappa shape index (κ1) is 17.2. The van der Waals surface area contributed by atoms with Crippen LogP contribution in [0.15, 0.2) is 40.9 Å². The minimum atomic E-state index is 0.630. The fourth-order valence-corrected chi connectivity index (χ4v) is 2.80. The molecule has 2 rings (SSSR count). The van der Waals surface area contributed by atoms with Crippen molar-refractivity contribution in [1.82, 2.24) is 0 Å². The maximum atomic E-state index is 5.84. The highest BCUT2D eigenvalue weighted by Crippen LogP contribution is 2.29. The molecule has 0 aliphatic carbocycles. The molecule has 0 aliphatic rings. The third kappa shape index (κ3) is 4.42. The number of benzene rings is 2. The number of rotatable bonds is 6. The van der Waals surface area contributed by atoms with Crippen molar-refractivity contribution in [2.75, 3.05) is 27.1 Å². The second-order valence-electron chi connectivity index (χ2n) is 4.95. The first-order valence-electron chi connectivity index (χ1n) is 7.08. The Bertz CT molecular complexity index is 713. The van der Waals surface area contributed by atoms with Gasteiger partial charge in [-0.25, -0.2) is 0 Å². The van der Waals surface area contributed by atoms with Crippen molar-refractivity contribution in [2.24, 2.45) is 0 Å². The Labute approximate surface area is 145 Å². The monoisotopic (exact) mass is 377 g/mol. The van der Waals surface area contributed by atoms with Crippen molar-refractivity contribution in [2.45, 2.75) is 6.42 Å². The molecule has 0 saturated heterocycles. The van der Waals surface area contributed by atoms with E-state index in [2.05, 4.69) is 15.9 Å². The number of nitrogens with two attached hydrogens (primary N) is 1. The molecular formula is C18H20BrNO3. The Balaban J connectivity index is 2.26. The van der Waals surface area contributed by atoms with Gasteiger partial charge < -0.3 is 19.9 Å². The second-order valence-corrected chi connectivity index (χ2v) is 5.97. The van der Waals surface area contributed by atoms with Gasteiger partial charge in [0.05, 0.1) is 27.0 Å². The molecule has 0 amide bonds. The number of anilines is 1. The lowest BCUT2D eigenvalue weighted by molar-refractivity contribution is 0.402. The number of hydrogen-bond donors (Lipinski definition) is 1. The van der Waals surface area contributed by atoms with Gasteiger partial charge in [-0.2, -0.15) is 0 Å². The van der Waals surface area contributed by atoms with Gasteiger partial charge in [0.1, 0.15) is 17.2 Å². The zero-order valence-electron chi connectivity index (χ0n) is 13.4. The Morgan fingerprint density at radius 2 is 1.74 bits per heavy atom. The maximum Gasteiger partial charge on any atom is 0.142 e. The molecule has 2 aromatic rings. The van der Waals surface area contributed by atoms with Gasteiger partial charge in [0.25, 0.3) is 0 Å². The summed E-state index contributed by atoms with van der Waals surface area (Å²) in [5.41, 5.74) is 8.52. The lowest BCUT2D eigenvalue weighted by Gasteiger charge is -2.09. The molecule has 122 valence electrons. The molecule has 0 saturated carbocycles. The highest BCUT2D eigenvalue weighted by Gasteiger charge is 2.06. The first-order chi connectivity index (χ1) is 11.1. The van der Waals surface area contributed by atoms with E-state index in [1.165, 1.54) is 0 Å². The lowest BCUT2D eigenvalue weighted by atomic mass is 10.1. The molecule has 4 nitrogen and oxygen atoms in total. The van der Waals surface area contributed by atoms with Crippen LogP contribution in [0.3, 0.4) is 0 Å².